The van der Waals surface area contributed by atoms with Gasteiger partial charge >= 0.3 is 6.03 Å². The molecule has 2 amide bonds. The van der Waals surface area contributed by atoms with Gasteiger partial charge in [-0.1, -0.05) is 49.4 Å². The van der Waals surface area contributed by atoms with E-state index in [2.05, 4.69) is 31.3 Å². The molecule has 0 aliphatic carbocycles. The lowest BCUT2D eigenvalue weighted by Crippen LogP contribution is -2.46. The fourth-order valence-corrected chi connectivity index (χ4v) is 5.81. The van der Waals surface area contributed by atoms with E-state index in [1.165, 1.54) is 38.6 Å². The number of nitrogens with zero attached hydrogens (tertiary/aromatic N) is 1. The zero-order valence-corrected chi connectivity index (χ0v) is 18.3. The third kappa shape index (κ3) is 4.12. The molecule has 0 bridgehead atoms. The molecule has 0 radical (unpaired) electrons. The molecule has 30 heavy (non-hydrogen) atoms. The molecule has 2 heterocycles. The highest BCUT2D eigenvalue weighted by Crippen LogP contribution is 2.42. The maximum Gasteiger partial charge on any atom is 0.318 e. The topological polar surface area (TPSA) is 32.3 Å². The lowest BCUT2D eigenvalue weighted by atomic mass is 9.92. The van der Waals surface area contributed by atoms with Crippen LogP contribution in [0.4, 0.5) is 9.18 Å². The Labute approximate surface area is 181 Å². The number of halogens is 1. The first kappa shape index (κ1) is 20.6. The second-order valence-electron chi connectivity index (χ2n) is 7.70. The minimum Gasteiger partial charge on any atom is -0.338 e. The third-order valence-corrected chi connectivity index (χ3v) is 7.09. The van der Waals surface area contributed by atoms with Crippen molar-refractivity contribution in [1.29, 1.82) is 0 Å². The Morgan fingerprint density at radius 2 is 1.90 bits per heavy atom. The zero-order chi connectivity index (χ0) is 21.1. The number of carbonyl (C=O) groups excluding carboxylic acids is 1. The number of aryl methyl sites for hydroxylation is 1. The molecule has 3 nitrogen and oxygen atoms in total. The van der Waals surface area contributed by atoms with Gasteiger partial charge in [0.1, 0.15) is 5.82 Å². The predicted octanol–water partition coefficient (Wildman–Crippen LogP) is 5.66. The Morgan fingerprint density at radius 1 is 1.17 bits per heavy atom. The van der Waals surface area contributed by atoms with E-state index in [0.29, 0.717) is 13.1 Å². The van der Waals surface area contributed by atoms with Gasteiger partial charge < -0.3 is 10.2 Å². The molecule has 2 aromatic carbocycles. The van der Waals surface area contributed by atoms with Crippen LogP contribution in [0.1, 0.15) is 45.0 Å². The first-order valence-corrected chi connectivity index (χ1v) is 11.3. The Bertz CT molecular complexity index is 1010. The van der Waals surface area contributed by atoms with Crippen molar-refractivity contribution in [2.75, 3.05) is 13.1 Å². The average Bonchev–Trinajstić information content (AvgIpc) is 3.09. The number of rotatable bonds is 5. The number of benzene rings is 2. The largest absolute Gasteiger partial charge is 0.338 e. The zero-order valence-electron chi connectivity index (χ0n) is 17.5. The Kier molecular flexibility index (Phi) is 6.18. The summed E-state index contributed by atoms with van der Waals surface area (Å²) in [6.07, 6.45) is 2.66. The smallest absolute Gasteiger partial charge is 0.318 e. The Morgan fingerprint density at radius 3 is 2.60 bits per heavy atom. The molecule has 1 aromatic heterocycles. The molecule has 1 N–H and O–H groups in total. The summed E-state index contributed by atoms with van der Waals surface area (Å²) in [7, 11) is 0. The minimum absolute atomic E-state index is 0.0602. The summed E-state index contributed by atoms with van der Waals surface area (Å²) in [4.78, 5) is 17.6. The Balaban J connectivity index is 1.59. The summed E-state index contributed by atoms with van der Waals surface area (Å²) in [6.45, 7) is 5.60. The van der Waals surface area contributed by atoms with Gasteiger partial charge in [0.15, 0.2) is 0 Å². The van der Waals surface area contributed by atoms with E-state index in [4.69, 9.17) is 0 Å². The molecular weight excluding hydrogens is 395 g/mol. The van der Waals surface area contributed by atoms with E-state index in [0.717, 1.165) is 24.8 Å². The molecule has 5 heteroatoms. The van der Waals surface area contributed by atoms with Gasteiger partial charge in [0.25, 0.3) is 0 Å². The number of hydrogen-bond donors (Lipinski definition) is 1. The maximum absolute atomic E-state index is 13.6. The summed E-state index contributed by atoms with van der Waals surface area (Å²) in [5.74, 6) is -0.259. The van der Waals surface area contributed by atoms with E-state index in [1.54, 1.807) is 23.5 Å². The van der Waals surface area contributed by atoms with Crippen molar-refractivity contribution >= 4 is 17.4 Å². The SMILES string of the molecule is CCc1c(C)sc2c1CCN(C(=O)NCCc1ccccc1)C2c1ccc(F)cc1. The van der Waals surface area contributed by atoms with Crippen molar-refractivity contribution in [3.05, 3.63) is 92.4 Å². The van der Waals surface area contributed by atoms with Crippen LogP contribution in [0.15, 0.2) is 54.6 Å². The summed E-state index contributed by atoms with van der Waals surface area (Å²) in [5, 5.41) is 3.10. The minimum atomic E-state index is -0.259. The molecule has 1 aliphatic rings. The highest BCUT2D eigenvalue weighted by Gasteiger charge is 2.35. The maximum atomic E-state index is 13.6. The van der Waals surface area contributed by atoms with Crippen LogP contribution in [0.2, 0.25) is 0 Å². The predicted molar refractivity (Wildman–Crippen MR) is 121 cm³/mol. The third-order valence-electron chi connectivity index (χ3n) is 5.85. The van der Waals surface area contributed by atoms with Crippen molar-refractivity contribution in [1.82, 2.24) is 10.2 Å². The molecular formula is C25H27FN2OS. The molecule has 0 saturated carbocycles. The van der Waals surface area contributed by atoms with Crippen LogP contribution in [0.5, 0.6) is 0 Å². The first-order chi connectivity index (χ1) is 14.6. The summed E-state index contributed by atoms with van der Waals surface area (Å²) in [5.41, 5.74) is 4.95. The van der Waals surface area contributed by atoms with Crippen LogP contribution >= 0.6 is 11.3 Å². The second kappa shape index (κ2) is 9.00. The van der Waals surface area contributed by atoms with Crippen molar-refractivity contribution < 1.29 is 9.18 Å². The quantitative estimate of drug-likeness (QED) is 0.565. The number of amides is 2. The summed E-state index contributed by atoms with van der Waals surface area (Å²) in [6, 6.07) is 16.5. The lowest BCUT2D eigenvalue weighted by Gasteiger charge is -2.36. The molecule has 4 rings (SSSR count). The van der Waals surface area contributed by atoms with Crippen LogP contribution in [-0.4, -0.2) is 24.0 Å². The van der Waals surface area contributed by atoms with Crippen LogP contribution in [-0.2, 0) is 19.3 Å². The average molecular weight is 423 g/mol. The monoisotopic (exact) mass is 422 g/mol. The van der Waals surface area contributed by atoms with Gasteiger partial charge in [0, 0.05) is 22.8 Å². The van der Waals surface area contributed by atoms with E-state index in [9.17, 15) is 9.18 Å². The molecule has 1 atom stereocenters. The number of carbonyl (C=O) groups is 1. The van der Waals surface area contributed by atoms with Gasteiger partial charge in [-0.05, 0) is 60.6 Å². The number of thiophene rings is 1. The van der Waals surface area contributed by atoms with Gasteiger partial charge in [-0.2, -0.15) is 0 Å². The van der Waals surface area contributed by atoms with Gasteiger partial charge in [0.2, 0.25) is 0 Å². The van der Waals surface area contributed by atoms with Gasteiger partial charge in [-0.25, -0.2) is 9.18 Å². The molecule has 1 aliphatic heterocycles. The normalized spacial score (nSPS) is 15.7. The van der Waals surface area contributed by atoms with Crippen LogP contribution in [0.25, 0.3) is 0 Å². The number of urea groups is 1. The van der Waals surface area contributed by atoms with E-state index >= 15 is 0 Å². The van der Waals surface area contributed by atoms with E-state index < -0.39 is 0 Å². The second-order valence-corrected chi connectivity index (χ2v) is 8.95. The van der Waals surface area contributed by atoms with Gasteiger partial charge in [-0.15, -0.1) is 11.3 Å². The summed E-state index contributed by atoms with van der Waals surface area (Å²) >= 11 is 1.77. The molecule has 0 spiro atoms. The fraction of sp³-hybridized carbons (Fsp3) is 0.320. The van der Waals surface area contributed by atoms with Gasteiger partial charge in [-0.3, -0.25) is 0 Å². The number of fused-ring (bicyclic) bond motifs is 1. The Hall–Kier alpha value is -2.66. The van der Waals surface area contributed by atoms with E-state index in [1.807, 2.05) is 23.1 Å². The van der Waals surface area contributed by atoms with Crippen molar-refractivity contribution in [2.45, 2.75) is 39.2 Å². The van der Waals surface area contributed by atoms with Crippen molar-refractivity contribution in [3.63, 3.8) is 0 Å². The molecule has 3 aromatic rings. The summed E-state index contributed by atoms with van der Waals surface area (Å²) < 4.78 is 13.6. The standard InChI is InChI=1S/C25H27FN2OS/c1-3-21-17(2)30-24-22(21)14-16-28(23(24)19-9-11-20(26)12-10-19)25(29)27-15-13-18-7-5-4-6-8-18/h4-12,23H,3,13-16H2,1-2H3,(H,27,29). The fourth-order valence-electron chi connectivity index (χ4n) is 4.36. The lowest BCUT2D eigenvalue weighted by molar-refractivity contribution is 0.181. The molecule has 0 saturated heterocycles. The molecule has 1 unspecified atom stereocenters. The van der Waals surface area contributed by atoms with Gasteiger partial charge in [0.05, 0.1) is 6.04 Å². The highest BCUT2D eigenvalue weighted by molar-refractivity contribution is 7.12. The van der Waals surface area contributed by atoms with Crippen molar-refractivity contribution in [2.24, 2.45) is 0 Å². The molecule has 156 valence electrons. The van der Waals surface area contributed by atoms with E-state index in [-0.39, 0.29) is 17.9 Å². The number of nitrogens with one attached hydrogen (secondary N) is 1. The molecule has 0 fully saturated rings. The van der Waals surface area contributed by atoms with Crippen LogP contribution in [0.3, 0.4) is 0 Å². The van der Waals surface area contributed by atoms with Crippen LogP contribution < -0.4 is 5.32 Å². The number of hydrogen-bond acceptors (Lipinski definition) is 2. The highest BCUT2D eigenvalue weighted by atomic mass is 32.1. The van der Waals surface area contributed by atoms with Crippen LogP contribution in [0, 0.1) is 12.7 Å². The van der Waals surface area contributed by atoms with Crippen molar-refractivity contribution in [3.8, 4) is 0 Å². The first-order valence-electron chi connectivity index (χ1n) is 10.5.